The van der Waals surface area contributed by atoms with Crippen molar-refractivity contribution in [2.75, 3.05) is 36.5 Å². The zero-order valence-electron chi connectivity index (χ0n) is 14.9. The summed E-state index contributed by atoms with van der Waals surface area (Å²) in [4.78, 5) is 26.4. The average molecular weight is 374 g/mol. The molecule has 1 aliphatic heterocycles. The van der Waals surface area contributed by atoms with Crippen LogP contribution in [0.25, 0.3) is 11.0 Å². The minimum absolute atomic E-state index is 0.287. The molecule has 1 saturated heterocycles. The number of carbonyl (C=O) groups excluding carboxylic acids is 1. The molecule has 1 aromatic carbocycles. The summed E-state index contributed by atoms with van der Waals surface area (Å²) in [6.45, 7) is 2.78. The normalized spacial score (nSPS) is 23.3. The molecule has 0 radical (unpaired) electrons. The molecular formula is C18H22N4O5. The van der Waals surface area contributed by atoms with E-state index in [0.29, 0.717) is 42.8 Å². The van der Waals surface area contributed by atoms with E-state index in [0.717, 1.165) is 31.6 Å². The molecule has 2 fully saturated rings. The third-order valence-corrected chi connectivity index (χ3v) is 5.42. The van der Waals surface area contributed by atoms with E-state index in [2.05, 4.69) is 20.5 Å². The quantitative estimate of drug-likeness (QED) is 0.833. The van der Waals surface area contributed by atoms with E-state index < -0.39 is 17.8 Å². The van der Waals surface area contributed by atoms with Crippen molar-refractivity contribution in [3.63, 3.8) is 0 Å². The van der Waals surface area contributed by atoms with E-state index >= 15 is 0 Å². The van der Waals surface area contributed by atoms with Crippen LogP contribution in [0.5, 0.6) is 0 Å². The monoisotopic (exact) mass is 374 g/mol. The Morgan fingerprint density at radius 2 is 1.78 bits per heavy atom. The highest BCUT2D eigenvalue weighted by atomic mass is 16.6. The Hall–Kier alpha value is -2.68. The molecule has 2 N–H and O–H groups in total. The molecule has 0 unspecified atom stereocenters. The van der Waals surface area contributed by atoms with Crippen LogP contribution in [-0.4, -0.2) is 53.6 Å². The lowest BCUT2D eigenvalue weighted by Gasteiger charge is -2.29. The maximum absolute atomic E-state index is 12.8. The molecule has 0 bridgehead atoms. The summed E-state index contributed by atoms with van der Waals surface area (Å²) in [7, 11) is 0. The van der Waals surface area contributed by atoms with Crippen molar-refractivity contribution in [3.8, 4) is 0 Å². The molecule has 4 rings (SSSR count). The van der Waals surface area contributed by atoms with Gasteiger partial charge in [-0.15, -0.1) is 0 Å². The highest BCUT2D eigenvalue weighted by Gasteiger charge is 2.36. The van der Waals surface area contributed by atoms with E-state index in [1.54, 1.807) is 6.07 Å². The lowest BCUT2D eigenvalue weighted by molar-refractivity contribution is -0.147. The van der Waals surface area contributed by atoms with Gasteiger partial charge in [-0.3, -0.25) is 9.59 Å². The minimum Gasteiger partial charge on any atom is -0.481 e. The number of nitrogens with zero attached hydrogens (tertiary/aromatic N) is 3. The topological polar surface area (TPSA) is 118 Å². The number of hydrogen-bond acceptors (Lipinski definition) is 7. The number of ether oxygens (including phenoxy) is 1. The summed E-state index contributed by atoms with van der Waals surface area (Å²) < 4.78 is 10.3. The van der Waals surface area contributed by atoms with Gasteiger partial charge in [0.15, 0.2) is 11.0 Å². The van der Waals surface area contributed by atoms with Crippen LogP contribution in [0.3, 0.4) is 0 Å². The number of aromatic nitrogens is 2. The summed E-state index contributed by atoms with van der Waals surface area (Å²) in [5, 5.41) is 20.2. The van der Waals surface area contributed by atoms with Crippen molar-refractivity contribution in [2.24, 2.45) is 11.8 Å². The zero-order valence-corrected chi connectivity index (χ0v) is 14.9. The van der Waals surface area contributed by atoms with Gasteiger partial charge in [0, 0.05) is 13.1 Å². The number of anilines is 2. The lowest BCUT2D eigenvalue weighted by atomic mass is 9.78. The molecule has 1 aromatic heterocycles. The third-order valence-electron chi connectivity index (χ3n) is 5.42. The van der Waals surface area contributed by atoms with Gasteiger partial charge in [0.05, 0.1) is 36.4 Å². The summed E-state index contributed by atoms with van der Waals surface area (Å²) in [5.41, 5.74) is 2.42. The van der Waals surface area contributed by atoms with Crippen LogP contribution < -0.4 is 10.2 Å². The molecule has 1 amide bonds. The van der Waals surface area contributed by atoms with Gasteiger partial charge in [-0.1, -0.05) is 12.8 Å². The van der Waals surface area contributed by atoms with E-state index in [1.807, 2.05) is 6.07 Å². The number of morpholine rings is 1. The summed E-state index contributed by atoms with van der Waals surface area (Å²) >= 11 is 0. The Labute approximate surface area is 155 Å². The Morgan fingerprint density at radius 3 is 2.52 bits per heavy atom. The van der Waals surface area contributed by atoms with Gasteiger partial charge in [0.2, 0.25) is 5.91 Å². The molecule has 9 nitrogen and oxygen atoms in total. The minimum atomic E-state index is -0.911. The average Bonchev–Trinajstić information content (AvgIpc) is 3.19. The van der Waals surface area contributed by atoms with E-state index in [9.17, 15) is 14.7 Å². The fourth-order valence-corrected chi connectivity index (χ4v) is 3.98. The van der Waals surface area contributed by atoms with Crippen LogP contribution in [0.1, 0.15) is 25.7 Å². The predicted molar refractivity (Wildman–Crippen MR) is 96.5 cm³/mol. The van der Waals surface area contributed by atoms with Gasteiger partial charge >= 0.3 is 5.97 Å². The van der Waals surface area contributed by atoms with E-state index in [1.165, 1.54) is 0 Å². The standard InChI is InChI=1S/C18H22N4O5/c23-17(11-3-1-2-4-12(11)18(24)25)19-13-5-6-14(16-15(13)20-27-21-16)22-7-9-26-10-8-22/h5-6,11-12H,1-4,7-10H2,(H,19,23)(H,24,25)/t11-,12+/m1/s1. The van der Waals surface area contributed by atoms with Crippen LogP contribution in [0.2, 0.25) is 0 Å². The summed E-state index contributed by atoms with van der Waals surface area (Å²) in [6, 6.07) is 3.65. The lowest BCUT2D eigenvalue weighted by Crippen LogP contribution is -2.36. The smallest absolute Gasteiger partial charge is 0.307 e. The number of carboxylic acids is 1. The Bertz CT molecular complexity index is 845. The highest BCUT2D eigenvalue weighted by Crippen LogP contribution is 2.34. The van der Waals surface area contributed by atoms with Crippen molar-refractivity contribution in [2.45, 2.75) is 25.7 Å². The van der Waals surface area contributed by atoms with Crippen LogP contribution in [0.4, 0.5) is 11.4 Å². The number of hydrogen-bond donors (Lipinski definition) is 2. The summed E-state index contributed by atoms with van der Waals surface area (Å²) in [6.07, 6.45) is 2.81. The Morgan fingerprint density at radius 1 is 1.07 bits per heavy atom. The molecule has 2 heterocycles. The highest BCUT2D eigenvalue weighted by molar-refractivity contribution is 6.04. The second-order valence-electron chi connectivity index (χ2n) is 7.02. The van der Waals surface area contributed by atoms with Crippen LogP contribution in [-0.2, 0) is 14.3 Å². The van der Waals surface area contributed by atoms with Gasteiger partial charge in [-0.25, -0.2) is 4.63 Å². The number of amides is 1. The maximum Gasteiger partial charge on any atom is 0.307 e. The Balaban J connectivity index is 1.58. The van der Waals surface area contributed by atoms with Gasteiger partial charge < -0.3 is 20.1 Å². The number of fused-ring (bicyclic) bond motifs is 1. The Kier molecular flexibility index (Phi) is 4.93. The predicted octanol–water partition coefficient (Wildman–Crippen LogP) is 1.89. The SMILES string of the molecule is O=C(O)[C@H]1CCCC[C@H]1C(=O)Nc1ccc(N2CCOCC2)c2nonc12. The second kappa shape index (κ2) is 7.51. The van der Waals surface area contributed by atoms with Crippen molar-refractivity contribution in [1.82, 2.24) is 10.3 Å². The first kappa shape index (κ1) is 17.7. The van der Waals surface area contributed by atoms with Crippen molar-refractivity contribution < 1.29 is 24.1 Å². The fourth-order valence-electron chi connectivity index (χ4n) is 3.98. The number of carboxylic acid groups (broad SMARTS) is 1. The molecule has 27 heavy (non-hydrogen) atoms. The maximum atomic E-state index is 12.8. The molecule has 144 valence electrons. The zero-order chi connectivity index (χ0) is 18.8. The largest absolute Gasteiger partial charge is 0.481 e. The number of aliphatic carboxylic acids is 1. The number of benzene rings is 1. The molecule has 2 aromatic rings. The first-order valence-corrected chi connectivity index (χ1v) is 9.27. The van der Waals surface area contributed by atoms with Gasteiger partial charge in [0.1, 0.15) is 0 Å². The van der Waals surface area contributed by atoms with Gasteiger partial charge in [-0.2, -0.15) is 0 Å². The molecule has 2 aliphatic rings. The van der Waals surface area contributed by atoms with Crippen LogP contribution in [0, 0.1) is 11.8 Å². The number of nitrogens with one attached hydrogen (secondary N) is 1. The van der Waals surface area contributed by atoms with Crippen molar-refractivity contribution in [1.29, 1.82) is 0 Å². The van der Waals surface area contributed by atoms with Crippen molar-refractivity contribution >= 4 is 34.3 Å². The van der Waals surface area contributed by atoms with E-state index in [-0.39, 0.29) is 5.91 Å². The molecule has 1 saturated carbocycles. The molecule has 1 aliphatic carbocycles. The first-order chi connectivity index (χ1) is 13.1. The fraction of sp³-hybridized carbons (Fsp3) is 0.556. The molecule has 0 spiro atoms. The second-order valence-corrected chi connectivity index (χ2v) is 7.02. The van der Waals surface area contributed by atoms with Crippen molar-refractivity contribution in [3.05, 3.63) is 12.1 Å². The number of carbonyl (C=O) groups is 2. The van der Waals surface area contributed by atoms with Crippen LogP contribution in [0.15, 0.2) is 16.8 Å². The van der Waals surface area contributed by atoms with Crippen LogP contribution >= 0.6 is 0 Å². The number of rotatable bonds is 4. The van der Waals surface area contributed by atoms with Gasteiger partial charge in [0.25, 0.3) is 0 Å². The first-order valence-electron chi connectivity index (χ1n) is 9.27. The molecule has 2 atom stereocenters. The van der Waals surface area contributed by atoms with E-state index in [4.69, 9.17) is 9.37 Å². The molecule has 9 heteroatoms. The molecular weight excluding hydrogens is 352 g/mol. The van der Waals surface area contributed by atoms with Gasteiger partial charge in [-0.05, 0) is 35.3 Å². The summed E-state index contributed by atoms with van der Waals surface area (Å²) in [5.74, 6) is -2.38. The third kappa shape index (κ3) is 3.46.